The van der Waals surface area contributed by atoms with Gasteiger partial charge in [0, 0.05) is 13.1 Å². The van der Waals surface area contributed by atoms with Crippen LogP contribution < -0.4 is 10.2 Å². The zero-order valence-corrected chi connectivity index (χ0v) is 26.0. The Morgan fingerprint density at radius 2 is 1.75 bits per heavy atom. The lowest BCUT2D eigenvalue weighted by Crippen LogP contribution is -2.40. The lowest BCUT2D eigenvalue weighted by Gasteiger charge is -2.36. The van der Waals surface area contributed by atoms with Gasteiger partial charge in [0.25, 0.3) is 5.91 Å². The predicted molar refractivity (Wildman–Crippen MR) is 160 cm³/mol. The van der Waals surface area contributed by atoms with Crippen molar-refractivity contribution in [3.63, 3.8) is 0 Å². The fourth-order valence-corrected chi connectivity index (χ4v) is 5.64. The molecular weight excluding hydrogens is 520 g/mol. The minimum absolute atomic E-state index is 0.160. The molecule has 0 fully saturated rings. The second-order valence-corrected chi connectivity index (χ2v) is 16.9. The molecule has 1 N–H and O–H groups in total. The Labute approximate surface area is 238 Å². The molecule has 1 aliphatic rings. The molecule has 0 saturated heterocycles. The molecule has 2 heterocycles. The molecule has 8 nitrogen and oxygen atoms in total. The van der Waals surface area contributed by atoms with Crippen LogP contribution in [0.2, 0.25) is 18.1 Å². The van der Waals surface area contributed by atoms with Gasteiger partial charge in [-0.3, -0.25) is 4.79 Å². The van der Waals surface area contributed by atoms with E-state index in [2.05, 4.69) is 73.4 Å². The van der Waals surface area contributed by atoms with E-state index in [1.807, 2.05) is 30.7 Å². The highest BCUT2D eigenvalue weighted by atomic mass is 28.4. The van der Waals surface area contributed by atoms with Crippen LogP contribution in [-0.4, -0.2) is 43.6 Å². The maximum atomic E-state index is 13.5. The number of fused-ring (bicyclic) bond motifs is 1. The van der Waals surface area contributed by atoms with Crippen LogP contribution in [0.15, 0.2) is 48.5 Å². The van der Waals surface area contributed by atoms with Gasteiger partial charge in [0.2, 0.25) is 0 Å². The molecule has 0 spiro atoms. The zero-order chi connectivity index (χ0) is 29.2. The summed E-state index contributed by atoms with van der Waals surface area (Å²) in [6.07, 6.45) is 0. The van der Waals surface area contributed by atoms with Crippen LogP contribution in [0, 0.1) is 6.92 Å². The highest BCUT2D eigenvalue weighted by Crippen LogP contribution is 2.37. The number of esters is 1. The van der Waals surface area contributed by atoms with Crippen LogP contribution in [0.4, 0.5) is 5.82 Å². The molecule has 0 saturated carbocycles. The monoisotopic (exact) mass is 562 g/mol. The number of methoxy groups -OCH3 is 1. The van der Waals surface area contributed by atoms with Crippen molar-refractivity contribution in [3.8, 4) is 0 Å². The first-order valence-electron chi connectivity index (χ1n) is 13.8. The van der Waals surface area contributed by atoms with Gasteiger partial charge in [-0.15, -0.1) is 0 Å². The number of carbonyl (C=O) groups is 2. The number of hydrogen-bond acceptors (Lipinski definition) is 6. The van der Waals surface area contributed by atoms with E-state index in [4.69, 9.17) is 9.16 Å². The van der Waals surface area contributed by atoms with Crippen LogP contribution in [-0.2, 0) is 28.9 Å². The normalized spacial score (nSPS) is 14.2. The largest absolute Gasteiger partial charge is 0.465 e. The molecule has 2 aromatic carbocycles. The Morgan fingerprint density at radius 1 is 1.07 bits per heavy atom. The summed E-state index contributed by atoms with van der Waals surface area (Å²) < 4.78 is 13.2. The molecule has 0 unspecified atom stereocenters. The molecular formula is C31H42N4O4Si. The first kappa shape index (κ1) is 29.5. The Hall–Kier alpha value is -3.43. The summed E-state index contributed by atoms with van der Waals surface area (Å²) >= 11 is 0. The summed E-state index contributed by atoms with van der Waals surface area (Å²) in [6, 6.07) is 15.4. The standard InChI is InChI=1S/C31H42N4O4Si/c1-21(25-12-14-26(15-13-25)30(37)38-6)32-28(36)27-22(2)33-35-17-16-34(29(27)35)19-23-10-9-11-24(18-23)20-39-40(7,8)31(3,4)5/h9-15,18,21H,16-17,19-20H2,1-8H3,(H,32,36)/t21-/m0/s1. The number of nitrogens with zero attached hydrogens (tertiary/aromatic N) is 3. The molecule has 0 radical (unpaired) electrons. The number of anilines is 1. The molecule has 3 aromatic rings. The number of amides is 1. The Kier molecular flexibility index (Phi) is 8.56. The van der Waals surface area contributed by atoms with E-state index < -0.39 is 8.32 Å². The van der Waals surface area contributed by atoms with Crippen molar-refractivity contribution in [1.29, 1.82) is 0 Å². The molecule has 40 heavy (non-hydrogen) atoms. The maximum absolute atomic E-state index is 13.5. The minimum Gasteiger partial charge on any atom is -0.465 e. The summed E-state index contributed by atoms with van der Waals surface area (Å²) in [7, 11) is -0.483. The average molecular weight is 563 g/mol. The van der Waals surface area contributed by atoms with Crippen molar-refractivity contribution in [2.45, 2.75) is 78.5 Å². The Bertz CT molecular complexity index is 1370. The van der Waals surface area contributed by atoms with Gasteiger partial charge in [0.05, 0.1) is 37.6 Å². The Balaban J connectivity index is 1.47. The fourth-order valence-electron chi connectivity index (χ4n) is 4.68. The third kappa shape index (κ3) is 6.31. The topological polar surface area (TPSA) is 85.7 Å². The highest BCUT2D eigenvalue weighted by molar-refractivity contribution is 6.74. The van der Waals surface area contributed by atoms with Gasteiger partial charge in [-0.2, -0.15) is 5.10 Å². The smallest absolute Gasteiger partial charge is 0.337 e. The van der Waals surface area contributed by atoms with Gasteiger partial charge < -0.3 is 19.4 Å². The van der Waals surface area contributed by atoms with Gasteiger partial charge in [0.15, 0.2) is 8.32 Å². The van der Waals surface area contributed by atoms with E-state index in [-0.39, 0.29) is 23.0 Å². The minimum atomic E-state index is -1.84. The van der Waals surface area contributed by atoms with Crippen LogP contribution in [0.3, 0.4) is 0 Å². The fraction of sp³-hybridized carbons (Fsp3) is 0.452. The van der Waals surface area contributed by atoms with E-state index in [0.717, 1.165) is 30.0 Å². The van der Waals surface area contributed by atoms with Gasteiger partial charge in [-0.1, -0.05) is 57.2 Å². The van der Waals surface area contributed by atoms with E-state index in [1.165, 1.54) is 12.7 Å². The number of benzene rings is 2. The SMILES string of the molecule is COC(=O)c1ccc([C@H](C)NC(=O)c2c(C)nn3c2N(Cc2cccc(CO[Si](C)(C)C(C)(C)C)c2)CC3)cc1. The third-order valence-corrected chi connectivity index (χ3v) is 12.6. The van der Waals surface area contributed by atoms with E-state index >= 15 is 0 Å². The summed E-state index contributed by atoms with van der Waals surface area (Å²) in [4.78, 5) is 27.5. The summed E-state index contributed by atoms with van der Waals surface area (Å²) in [5.74, 6) is 0.306. The van der Waals surface area contributed by atoms with Crippen LogP contribution in [0.1, 0.15) is 76.8 Å². The molecule has 1 aliphatic heterocycles. The molecule has 214 valence electrons. The maximum Gasteiger partial charge on any atom is 0.337 e. The second-order valence-electron chi connectivity index (χ2n) is 12.1. The third-order valence-electron chi connectivity index (χ3n) is 8.16. The predicted octanol–water partition coefficient (Wildman–Crippen LogP) is 6.01. The van der Waals surface area contributed by atoms with Crippen LogP contribution >= 0.6 is 0 Å². The summed E-state index contributed by atoms with van der Waals surface area (Å²) in [5, 5.41) is 7.95. The number of carbonyl (C=O) groups excluding carboxylic acids is 2. The lowest BCUT2D eigenvalue weighted by molar-refractivity contribution is 0.0600. The number of nitrogens with one attached hydrogen (secondary N) is 1. The van der Waals surface area contributed by atoms with Crippen molar-refractivity contribution in [1.82, 2.24) is 15.1 Å². The van der Waals surface area contributed by atoms with Crippen LogP contribution in [0.5, 0.6) is 0 Å². The van der Waals surface area contributed by atoms with Gasteiger partial charge in [-0.05, 0) is 60.8 Å². The molecule has 0 bridgehead atoms. The Morgan fingerprint density at radius 3 is 2.40 bits per heavy atom. The van der Waals surface area contributed by atoms with Crippen molar-refractivity contribution in [2.24, 2.45) is 0 Å². The van der Waals surface area contributed by atoms with Crippen molar-refractivity contribution in [2.75, 3.05) is 18.6 Å². The van der Waals surface area contributed by atoms with Crippen molar-refractivity contribution < 1.29 is 18.8 Å². The molecule has 1 aromatic heterocycles. The zero-order valence-electron chi connectivity index (χ0n) is 25.0. The number of rotatable bonds is 9. The number of aryl methyl sites for hydroxylation is 1. The molecule has 0 aliphatic carbocycles. The van der Waals surface area contributed by atoms with E-state index in [9.17, 15) is 9.59 Å². The van der Waals surface area contributed by atoms with Crippen molar-refractivity contribution >= 4 is 26.0 Å². The lowest BCUT2D eigenvalue weighted by atomic mass is 10.1. The number of aromatic nitrogens is 2. The molecule has 9 heteroatoms. The van der Waals surface area contributed by atoms with Crippen molar-refractivity contribution in [3.05, 3.63) is 82.0 Å². The van der Waals surface area contributed by atoms with Crippen LogP contribution in [0.25, 0.3) is 0 Å². The first-order chi connectivity index (χ1) is 18.8. The second kappa shape index (κ2) is 11.6. The quantitative estimate of drug-likeness (QED) is 0.254. The first-order valence-corrected chi connectivity index (χ1v) is 16.7. The highest BCUT2D eigenvalue weighted by Gasteiger charge is 2.37. The van der Waals surface area contributed by atoms with Gasteiger partial charge >= 0.3 is 5.97 Å². The average Bonchev–Trinajstić information content (AvgIpc) is 3.44. The molecule has 4 rings (SSSR count). The van der Waals surface area contributed by atoms with E-state index in [0.29, 0.717) is 30.0 Å². The molecule has 1 amide bonds. The summed E-state index contributed by atoms with van der Waals surface area (Å²) in [6.45, 7) is 17.9. The van der Waals surface area contributed by atoms with Gasteiger partial charge in [0.1, 0.15) is 11.4 Å². The van der Waals surface area contributed by atoms with E-state index in [1.54, 1.807) is 12.1 Å². The number of ether oxygens (including phenoxy) is 1. The summed E-state index contributed by atoms with van der Waals surface area (Å²) in [5.41, 5.74) is 5.03. The molecule has 1 atom stereocenters. The number of hydrogen-bond donors (Lipinski definition) is 1. The van der Waals surface area contributed by atoms with Gasteiger partial charge in [-0.25, -0.2) is 9.48 Å².